The van der Waals surface area contributed by atoms with Gasteiger partial charge in [-0.1, -0.05) is 0 Å². The third-order valence-corrected chi connectivity index (χ3v) is 4.63. The first-order chi connectivity index (χ1) is 8.66. The van der Waals surface area contributed by atoms with Crippen molar-refractivity contribution in [3.63, 3.8) is 0 Å². The first kappa shape index (κ1) is 11.7. The lowest BCUT2D eigenvalue weighted by molar-refractivity contribution is 0.0630. The van der Waals surface area contributed by atoms with Crippen LogP contribution in [0.4, 0.5) is 0 Å². The maximum absolute atomic E-state index is 12.4. The monoisotopic (exact) mass is 263 g/mol. The van der Waals surface area contributed by atoms with E-state index in [-0.39, 0.29) is 5.91 Å². The Hall–Kier alpha value is -1.36. The van der Waals surface area contributed by atoms with E-state index in [1.165, 1.54) is 6.42 Å². The standard InChI is InChI=1S/C13H17N3OS/c1-9-5-3-4-6-15(9)12(17)11-7-16-10(2)8-18-13(16)14-11/h7-9H,3-6H2,1-2H3. The molecule has 1 amide bonds. The van der Waals surface area contributed by atoms with E-state index in [0.717, 1.165) is 30.0 Å². The normalized spacial score (nSPS) is 20.6. The highest BCUT2D eigenvalue weighted by atomic mass is 32.1. The topological polar surface area (TPSA) is 37.6 Å². The van der Waals surface area contributed by atoms with Crippen molar-refractivity contribution in [1.82, 2.24) is 14.3 Å². The first-order valence-electron chi connectivity index (χ1n) is 6.41. The summed E-state index contributed by atoms with van der Waals surface area (Å²) in [5, 5.41) is 2.06. The Kier molecular flexibility index (Phi) is 2.86. The summed E-state index contributed by atoms with van der Waals surface area (Å²) >= 11 is 1.58. The van der Waals surface area contributed by atoms with Crippen LogP contribution in [0, 0.1) is 6.92 Å². The molecule has 2 aromatic heterocycles. The van der Waals surface area contributed by atoms with Crippen LogP contribution in [-0.2, 0) is 0 Å². The molecule has 1 unspecified atom stereocenters. The van der Waals surface area contributed by atoms with Crippen molar-refractivity contribution < 1.29 is 4.79 Å². The van der Waals surface area contributed by atoms with Gasteiger partial charge >= 0.3 is 0 Å². The van der Waals surface area contributed by atoms with Gasteiger partial charge in [-0.25, -0.2) is 4.98 Å². The quantitative estimate of drug-likeness (QED) is 0.793. The van der Waals surface area contributed by atoms with E-state index in [1.807, 2.05) is 22.4 Å². The van der Waals surface area contributed by atoms with Gasteiger partial charge in [0.2, 0.25) is 0 Å². The Bertz CT molecular complexity index is 586. The Balaban J connectivity index is 1.91. The number of amides is 1. The van der Waals surface area contributed by atoms with E-state index in [9.17, 15) is 4.79 Å². The van der Waals surface area contributed by atoms with Crippen LogP contribution in [0.3, 0.4) is 0 Å². The number of imidazole rings is 1. The van der Waals surface area contributed by atoms with Gasteiger partial charge in [-0.2, -0.15) is 0 Å². The van der Waals surface area contributed by atoms with E-state index < -0.39 is 0 Å². The van der Waals surface area contributed by atoms with Crippen LogP contribution in [0.2, 0.25) is 0 Å². The zero-order valence-electron chi connectivity index (χ0n) is 10.7. The van der Waals surface area contributed by atoms with Crippen LogP contribution in [0.15, 0.2) is 11.6 Å². The molecule has 5 heteroatoms. The number of aryl methyl sites for hydroxylation is 1. The van der Waals surface area contributed by atoms with E-state index in [4.69, 9.17) is 0 Å². The summed E-state index contributed by atoms with van der Waals surface area (Å²) in [5.41, 5.74) is 1.71. The van der Waals surface area contributed by atoms with Crippen molar-refractivity contribution in [3.8, 4) is 0 Å². The molecule has 1 atom stereocenters. The van der Waals surface area contributed by atoms with Gasteiger partial charge in [-0.3, -0.25) is 9.20 Å². The number of piperidine rings is 1. The van der Waals surface area contributed by atoms with Gasteiger partial charge in [0.15, 0.2) is 4.96 Å². The van der Waals surface area contributed by atoms with Crippen LogP contribution in [-0.4, -0.2) is 32.8 Å². The minimum atomic E-state index is 0.0810. The summed E-state index contributed by atoms with van der Waals surface area (Å²) in [6.45, 7) is 5.02. The zero-order chi connectivity index (χ0) is 12.7. The summed E-state index contributed by atoms with van der Waals surface area (Å²) in [6, 6.07) is 0.340. The largest absolute Gasteiger partial charge is 0.335 e. The molecular formula is C13H17N3OS. The van der Waals surface area contributed by atoms with E-state index in [1.54, 1.807) is 11.3 Å². The molecule has 0 N–H and O–H groups in total. The van der Waals surface area contributed by atoms with Crippen LogP contribution in [0.25, 0.3) is 4.96 Å². The van der Waals surface area contributed by atoms with Crippen molar-refractivity contribution >= 4 is 22.2 Å². The second-order valence-corrected chi connectivity index (χ2v) is 5.84. The number of rotatable bonds is 1. The van der Waals surface area contributed by atoms with Crippen LogP contribution in [0.5, 0.6) is 0 Å². The molecule has 1 aliphatic rings. The number of fused-ring (bicyclic) bond motifs is 1. The minimum Gasteiger partial charge on any atom is -0.335 e. The zero-order valence-corrected chi connectivity index (χ0v) is 11.5. The molecule has 0 bridgehead atoms. The second kappa shape index (κ2) is 4.39. The molecule has 2 aromatic rings. The molecule has 1 fully saturated rings. The number of hydrogen-bond donors (Lipinski definition) is 0. The van der Waals surface area contributed by atoms with Crippen LogP contribution in [0.1, 0.15) is 42.4 Å². The number of nitrogens with zero attached hydrogens (tertiary/aromatic N) is 3. The lowest BCUT2D eigenvalue weighted by Crippen LogP contribution is -2.42. The summed E-state index contributed by atoms with van der Waals surface area (Å²) < 4.78 is 1.99. The van der Waals surface area contributed by atoms with Crippen molar-refractivity contribution in [1.29, 1.82) is 0 Å². The van der Waals surface area contributed by atoms with Gasteiger partial charge in [0.25, 0.3) is 5.91 Å². The van der Waals surface area contributed by atoms with E-state index in [0.29, 0.717) is 11.7 Å². The lowest BCUT2D eigenvalue weighted by atomic mass is 10.0. The molecule has 3 heterocycles. The van der Waals surface area contributed by atoms with E-state index >= 15 is 0 Å². The Morgan fingerprint density at radius 1 is 1.50 bits per heavy atom. The van der Waals surface area contributed by atoms with Gasteiger partial charge in [0.05, 0.1) is 0 Å². The maximum atomic E-state index is 12.4. The molecule has 96 valence electrons. The fourth-order valence-electron chi connectivity index (χ4n) is 2.54. The number of aromatic nitrogens is 2. The Morgan fingerprint density at radius 3 is 3.06 bits per heavy atom. The number of hydrogen-bond acceptors (Lipinski definition) is 3. The van der Waals surface area contributed by atoms with Gasteiger partial charge in [0, 0.05) is 29.9 Å². The van der Waals surface area contributed by atoms with Gasteiger partial charge in [-0.15, -0.1) is 11.3 Å². The van der Waals surface area contributed by atoms with Crippen LogP contribution < -0.4 is 0 Å². The SMILES string of the molecule is Cc1csc2nc(C(=O)N3CCCCC3C)cn12. The molecule has 0 radical (unpaired) electrons. The molecule has 0 aromatic carbocycles. The van der Waals surface area contributed by atoms with Crippen molar-refractivity contribution in [2.45, 2.75) is 39.2 Å². The highest BCUT2D eigenvalue weighted by molar-refractivity contribution is 7.15. The Morgan fingerprint density at radius 2 is 2.33 bits per heavy atom. The van der Waals surface area contributed by atoms with Gasteiger partial charge in [0.1, 0.15) is 5.69 Å². The molecule has 0 spiro atoms. The predicted octanol–water partition coefficient (Wildman–Crippen LogP) is 2.72. The van der Waals surface area contributed by atoms with E-state index in [2.05, 4.69) is 17.3 Å². The fraction of sp³-hybridized carbons (Fsp3) is 0.538. The molecule has 4 nitrogen and oxygen atoms in total. The first-order valence-corrected chi connectivity index (χ1v) is 7.29. The third-order valence-electron chi connectivity index (χ3n) is 3.67. The van der Waals surface area contributed by atoms with Crippen LogP contribution >= 0.6 is 11.3 Å². The molecule has 3 rings (SSSR count). The van der Waals surface area contributed by atoms with Crippen molar-refractivity contribution in [2.75, 3.05) is 6.54 Å². The lowest BCUT2D eigenvalue weighted by Gasteiger charge is -2.32. The summed E-state index contributed by atoms with van der Waals surface area (Å²) in [6.07, 6.45) is 5.30. The highest BCUT2D eigenvalue weighted by Crippen LogP contribution is 2.21. The average Bonchev–Trinajstić information content (AvgIpc) is 2.92. The smallest absolute Gasteiger partial charge is 0.274 e. The molecule has 0 aliphatic carbocycles. The fourth-order valence-corrected chi connectivity index (χ4v) is 3.39. The molecule has 1 aliphatic heterocycles. The van der Waals surface area contributed by atoms with Crippen molar-refractivity contribution in [3.05, 3.63) is 23.0 Å². The summed E-state index contributed by atoms with van der Waals surface area (Å²) in [4.78, 5) is 19.7. The highest BCUT2D eigenvalue weighted by Gasteiger charge is 2.26. The van der Waals surface area contributed by atoms with Gasteiger partial charge in [-0.05, 0) is 33.1 Å². The molecule has 1 saturated heterocycles. The summed E-state index contributed by atoms with van der Waals surface area (Å²) in [5.74, 6) is 0.0810. The maximum Gasteiger partial charge on any atom is 0.274 e. The Labute approximate surface area is 110 Å². The molecule has 0 saturated carbocycles. The summed E-state index contributed by atoms with van der Waals surface area (Å²) in [7, 11) is 0. The number of carbonyl (C=O) groups is 1. The number of carbonyl (C=O) groups excluding carboxylic acids is 1. The van der Waals surface area contributed by atoms with Gasteiger partial charge < -0.3 is 4.90 Å². The predicted molar refractivity (Wildman–Crippen MR) is 72.2 cm³/mol. The second-order valence-electron chi connectivity index (χ2n) is 5.00. The third kappa shape index (κ3) is 1.82. The number of likely N-dealkylation sites (tertiary alicyclic amines) is 1. The van der Waals surface area contributed by atoms with Crippen molar-refractivity contribution in [2.24, 2.45) is 0 Å². The average molecular weight is 263 g/mol. The molecular weight excluding hydrogens is 246 g/mol. The minimum absolute atomic E-state index is 0.0810. The molecule has 18 heavy (non-hydrogen) atoms. The number of thiazole rings is 1.